The Kier molecular flexibility index (Phi) is 6.45. The number of methoxy groups -OCH3 is 1. The van der Waals surface area contributed by atoms with Crippen molar-refractivity contribution in [2.24, 2.45) is 0 Å². The molecule has 27 heavy (non-hydrogen) atoms. The second-order valence-corrected chi connectivity index (χ2v) is 5.75. The third kappa shape index (κ3) is 4.40. The normalized spacial score (nSPS) is 10.8. The zero-order valence-corrected chi connectivity index (χ0v) is 14.9. The van der Waals surface area contributed by atoms with Crippen LogP contribution in [0.15, 0.2) is 27.8 Å². The number of aromatic amines is 1. The topological polar surface area (TPSA) is 110 Å². The molecule has 1 aromatic heterocycles. The van der Waals surface area contributed by atoms with Crippen molar-refractivity contribution in [3.63, 3.8) is 0 Å². The predicted molar refractivity (Wildman–Crippen MR) is 95.9 cm³/mol. The highest BCUT2D eigenvalue weighted by molar-refractivity contribution is 6.07. The second-order valence-electron chi connectivity index (χ2n) is 5.75. The molecule has 2 rings (SSSR count). The first-order valence-corrected chi connectivity index (χ1v) is 8.19. The molecule has 2 aromatic rings. The molecule has 0 saturated heterocycles. The number of anilines is 2. The van der Waals surface area contributed by atoms with Crippen molar-refractivity contribution in [3.8, 4) is 0 Å². The van der Waals surface area contributed by atoms with Gasteiger partial charge in [-0.1, -0.05) is 6.92 Å². The zero-order chi connectivity index (χ0) is 20.1. The maximum absolute atomic E-state index is 13.5. The smallest absolute Gasteiger partial charge is 0.330 e. The molecule has 0 aliphatic heterocycles. The third-order valence-electron chi connectivity index (χ3n) is 3.80. The fourth-order valence-corrected chi connectivity index (χ4v) is 2.61. The number of carbonyl (C=O) groups excluding carboxylic acids is 1. The van der Waals surface area contributed by atoms with Crippen molar-refractivity contribution < 1.29 is 18.3 Å². The van der Waals surface area contributed by atoms with Crippen LogP contribution in [0.1, 0.15) is 23.7 Å². The molecule has 0 unspecified atom stereocenters. The summed E-state index contributed by atoms with van der Waals surface area (Å²) in [5, 5.41) is 0. The van der Waals surface area contributed by atoms with Gasteiger partial charge in [0.2, 0.25) is 0 Å². The van der Waals surface area contributed by atoms with Crippen LogP contribution in [0.3, 0.4) is 0 Å². The van der Waals surface area contributed by atoms with Crippen molar-refractivity contribution >= 4 is 17.4 Å². The van der Waals surface area contributed by atoms with E-state index in [9.17, 15) is 23.2 Å². The first-order valence-electron chi connectivity index (χ1n) is 8.19. The number of halogens is 2. The highest BCUT2D eigenvalue weighted by atomic mass is 19.1. The average Bonchev–Trinajstić information content (AvgIpc) is 2.59. The molecule has 0 spiro atoms. The number of carbonyl (C=O) groups is 1. The average molecular weight is 382 g/mol. The first-order chi connectivity index (χ1) is 12.8. The molecule has 0 saturated carbocycles. The van der Waals surface area contributed by atoms with Gasteiger partial charge < -0.3 is 10.5 Å². The molecule has 1 amide bonds. The van der Waals surface area contributed by atoms with Crippen LogP contribution in [0, 0.1) is 11.6 Å². The standard InChI is InChI=1S/C17H20F2N4O4/c1-3-4-23-14(20)13(15(24)21-17(23)26)22(5-6-27-2)16(25)10-7-11(18)9-12(19)8-10/h7-9H,3-6,20H2,1-2H3,(H,21,24,26). The van der Waals surface area contributed by atoms with Crippen LogP contribution in [0.25, 0.3) is 0 Å². The van der Waals surface area contributed by atoms with E-state index in [-0.39, 0.29) is 36.8 Å². The SMILES string of the molecule is CCCn1c(N)c(N(CCOC)C(=O)c2cc(F)cc(F)c2)c(=O)[nH]c1=O. The number of nitrogens with zero attached hydrogens (tertiary/aromatic N) is 2. The Morgan fingerprint density at radius 3 is 2.44 bits per heavy atom. The summed E-state index contributed by atoms with van der Waals surface area (Å²) in [6.07, 6.45) is 0.552. The quantitative estimate of drug-likeness (QED) is 0.745. The van der Waals surface area contributed by atoms with E-state index in [0.29, 0.717) is 12.5 Å². The Bertz CT molecular complexity index is 935. The Morgan fingerprint density at radius 2 is 1.89 bits per heavy atom. The predicted octanol–water partition coefficient (Wildman–Crippen LogP) is 1.10. The lowest BCUT2D eigenvalue weighted by Crippen LogP contribution is -2.42. The summed E-state index contributed by atoms with van der Waals surface area (Å²) in [5.41, 5.74) is 3.79. The number of benzene rings is 1. The van der Waals surface area contributed by atoms with Crippen LogP contribution in [-0.4, -0.2) is 35.7 Å². The molecule has 0 fully saturated rings. The van der Waals surface area contributed by atoms with E-state index in [4.69, 9.17) is 10.5 Å². The van der Waals surface area contributed by atoms with Crippen LogP contribution < -0.4 is 21.9 Å². The minimum absolute atomic E-state index is 0.0231. The zero-order valence-electron chi connectivity index (χ0n) is 14.9. The van der Waals surface area contributed by atoms with Crippen LogP contribution in [-0.2, 0) is 11.3 Å². The lowest BCUT2D eigenvalue weighted by Gasteiger charge is -2.24. The molecule has 0 bridgehead atoms. The van der Waals surface area contributed by atoms with Crippen LogP contribution in [0.5, 0.6) is 0 Å². The summed E-state index contributed by atoms with van der Waals surface area (Å²) in [6, 6.07) is 2.31. The minimum atomic E-state index is -0.942. The van der Waals surface area contributed by atoms with Gasteiger partial charge in [-0.15, -0.1) is 0 Å². The number of nitrogens with one attached hydrogen (secondary N) is 1. The van der Waals surface area contributed by atoms with Gasteiger partial charge in [0.1, 0.15) is 17.5 Å². The molecule has 0 aliphatic carbocycles. The maximum Gasteiger partial charge on any atom is 0.330 e. The molecule has 3 N–H and O–H groups in total. The molecule has 1 heterocycles. The molecular weight excluding hydrogens is 362 g/mol. The molecule has 0 radical (unpaired) electrons. The van der Waals surface area contributed by atoms with Crippen LogP contribution in [0.4, 0.5) is 20.3 Å². The van der Waals surface area contributed by atoms with Crippen LogP contribution in [0.2, 0.25) is 0 Å². The fourth-order valence-electron chi connectivity index (χ4n) is 2.61. The molecule has 1 aromatic carbocycles. The number of ether oxygens (including phenoxy) is 1. The van der Waals surface area contributed by atoms with E-state index < -0.39 is 28.8 Å². The Balaban J connectivity index is 2.63. The van der Waals surface area contributed by atoms with E-state index in [1.807, 2.05) is 0 Å². The van der Waals surface area contributed by atoms with Crippen molar-refractivity contribution in [1.82, 2.24) is 9.55 Å². The Hall–Kier alpha value is -3.01. The van der Waals surface area contributed by atoms with Gasteiger partial charge in [0.05, 0.1) is 6.61 Å². The van der Waals surface area contributed by atoms with Gasteiger partial charge in [0, 0.05) is 31.8 Å². The number of hydrogen-bond acceptors (Lipinski definition) is 5. The minimum Gasteiger partial charge on any atom is -0.383 e. The van der Waals surface area contributed by atoms with E-state index in [1.54, 1.807) is 6.92 Å². The monoisotopic (exact) mass is 382 g/mol. The maximum atomic E-state index is 13.5. The van der Waals surface area contributed by atoms with Gasteiger partial charge in [0.25, 0.3) is 11.5 Å². The molecule has 146 valence electrons. The molecule has 8 nitrogen and oxygen atoms in total. The lowest BCUT2D eigenvalue weighted by atomic mass is 10.1. The van der Waals surface area contributed by atoms with Crippen molar-refractivity contribution in [3.05, 3.63) is 56.2 Å². The van der Waals surface area contributed by atoms with E-state index in [0.717, 1.165) is 21.6 Å². The van der Waals surface area contributed by atoms with Gasteiger partial charge in [-0.25, -0.2) is 13.6 Å². The van der Waals surface area contributed by atoms with Crippen molar-refractivity contribution in [2.75, 3.05) is 30.9 Å². The Morgan fingerprint density at radius 1 is 1.26 bits per heavy atom. The van der Waals surface area contributed by atoms with Gasteiger partial charge >= 0.3 is 5.69 Å². The third-order valence-corrected chi connectivity index (χ3v) is 3.80. The summed E-state index contributed by atoms with van der Waals surface area (Å²) >= 11 is 0. The molecule has 0 aliphatic rings. The van der Waals surface area contributed by atoms with Crippen LogP contribution >= 0.6 is 0 Å². The number of nitrogen functional groups attached to an aromatic ring is 1. The van der Waals surface area contributed by atoms with Gasteiger partial charge in [-0.2, -0.15) is 0 Å². The second kappa shape index (κ2) is 8.58. The molecule has 0 atom stereocenters. The molecule has 10 heteroatoms. The number of H-pyrrole nitrogens is 1. The van der Waals surface area contributed by atoms with Crippen molar-refractivity contribution in [1.29, 1.82) is 0 Å². The summed E-state index contributed by atoms with van der Waals surface area (Å²) in [7, 11) is 1.39. The highest BCUT2D eigenvalue weighted by Gasteiger charge is 2.25. The number of nitrogens with two attached hydrogens (primary N) is 1. The number of rotatable bonds is 7. The number of aromatic nitrogens is 2. The summed E-state index contributed by atoms with van der Waals surface area (Å²) in [4.78, 5) is 40.2. The highest BCUT2D eigenvalue weighted by Crippen LogP contribution is 2.20. The Labute approximate surface area is 153 Å². The lowest BCUT2D eigenvalue weighted by molar-refractivity contribution is 0.0974. The van der Waals surface area contributed by atoms with E-state index in [1.165, 1.54) is 7.11 Å². The molecular formula is C17H20F2N4O4. The van der Waals surface area contributed by atoms with Gasteiger partial charge in [-0.05, 0) is 18.6 Å². The van der Waals surface area contributed by atoms with Gasteiger partial charge in [-0.3, -0.25) is 24.0 Å². The summed E-state index contributed by atoms with van der Waals surface area (Å²) in [6.45, 7) is 1.93. The summed E-state index contributed by atoms with van der Waals surface area (Å²) < 4.78 is 33.1. The van der Waals surface area contributed by atoms with E-state index in [2.05, 4.69) is 4.98 Å². The van der Waals surface area contributed by atoms with Gasteiger partial charge in [0.15, 0.2) is 5.69 Å². The fraction of sp³-hybridized carbons (Fsp3) is 0.353. The number of amides is 1. The first kappa shape index (κ1) is 20.3. The van der Waals surface area contributed by atoms with E-state index >= 15 is 0 Å². The largest absolute Gasteiger partial charge is 0.383 e. The van der Waals surface area contributed by atoms with Crippen molar-refractivity contribution in [2.45, 2.75) is 19.9 Å². The number of hydrogen-bond donors (Lipinski definition) is 2. The summed E-state index contributed by atoms with van der Waals surface area (Å²) in [5.74, 6) is -2.96.